The average molecular weight is 389 g/mol. The lowest BCUT2D eigenvalue weighted by Gasteiger charge is -2.19. The van der Waals surface area contributed by atoms with Crippen molar-refractivity contribution in [1.29, 1.82) is 0 Å². The van der Waals surface area contributed by atoms with Crippen LogP contribution in [0, 0.1) is 0 Å². The van der Waals surface area contributed by atoms with Crippen molar-refractivity contribution in [2.75, 3.05) is 39.2 Å². The van der Waals surface area contributed by atoms with Crippen molar-refractivity contribution in [3.05, 3.63) is 90.0 Å². The molecular formula is C25H32N4. The molecule has 0 amide bonds. The van der Waals surface area contributed by atoms with Gasteiger partial charge in [0, 0.05) is 31.9 Å². The molecule has 4 heteroatoms. The van der Waals surface area contributed by atoms with Crippen molar-refractivity contribution in [3.63, 3.8) is 0 Å². The first kappa shape index (κ1) is 21.1. The molecule has 0 saturated carbocycles. The lowest BCUT2D eigenvalue weighted by Crippen LogP contribution is -2.22. The van der Waals surface area contributed by atoms with Gasteiger partial charge in [0.2, 0.25) is 0 Å². The number of rotatable bonds is 6. The third-order valence-corrected chi connectivity index (χ3v) is 5.21. The van der Waals surface area contributed by atoms with Crippen LogP contribution >= 0.6 is 0 Å². The van der Waals surface area contributed by atoms with Gasteiger partial charge in [0.25, 0.3) is 0 Å². The maximum Gasteiger partial charge on any atom is 0.0507 e. The van der Waals surface area contributed by atoms with Crippen LogP contribution in [0.4, 0.5) is 5.69 Å². The number of nitrogens with one attached hydrogen (secondary N) is 1. The smallest absolute Gasteiger partial charge is 0.0507 e. The van der Waals surface area contributed by atoms with Gasteiger partial charge in [0.05, 0.1) is 6.67 Å². The summed E-state index contributed by atoms with van der Waals surface area (Å²) in [6, 6.07) is 28.0. The fraction of sp³-hybridized carbons (Fsp3) is 0.280. The van der Waals surface area contributed by atoms with E-state index in [0.717, 1.165) is 38.5 Å². The zero-order valence-electron chi connectivity index (χ0n) is 17.5. The third kappa shape index (κ3) is 5.67. The molecule has 152 valence electrons. The lowest BCUT2D eigenvalue weighted by atomic mass is 9.95. The van der Waals surface area contributed by atoms with Crippen LogP contribution in [0.25, 0.3) is 11.1 Å². The molecule has 1 aliphatic rings. The summed E-state index contributed by atoms with van der Waals surface area (Å²) in [6.07, 6.45) is 0. The molecule has 3 N–H and O–H groups in total. The number of anilines is 1. The van der Waals surface area contributed by atoms with Crippen LogP contribution in [0.3, 0.4) is 0 Å². The molecule has 0 atom stereocenters. The first-order chi connectivity index (χ1) is 14.3. The van der Waals surface area contributed by atoms with Gasteiger partial charge in [0.1, 0.15) is 0 Å². The minimum Gasteiger partial charge on any atom is -0.381 e. The van der Waals surface area contributed by atoms with E-state index in [0.29, 0.717) is 0 Å². The second-order valence-electron chi connectivity index (χ2n) is 7.31. The Bertz CT molecular complexity index is 879. The molecule has 1 fully saturated rings. The summed E-state index contributed by atoms with van der Waals surface area (Å²) in [4.78, 5) is 4.89. The standard InChI is InChI=1S/C24H27N3.CH5N/c1-26-15-16-27(19-26)18-21-10-6-8-14-24(21)23-13-7-5-9-20(23)17-25-22-11-3-2-4-12-22;1-2/h2-14,25H,15-19H2,1H3;2H2,1H3. The molecule has 3 aromatic rings. The maximum absolute atomic E-state index is 4.50. The molecule has 1 heterocycles. The average Bonchev–Trinajstić information content (AvgIpc) is 3.20. The Labute approximate surface area is 175 Å². The lowest BCUT2D eigenvalue weighted by molar-refractivity contribution is 0.268. The van der Waals surface area contributed by atoms with E-state index in [4.69, 9.17) is 0 Å². The van der Waals surface area contributed by atoms with E-state index in [-0.39, 0.29) is 0 Å². The molecule has 0 radical (unpaired) electrons. The summed E-state index contributed by atoms with van der Waals surface area (Å²) in [7, 11) is 3.69. The van der Waals surface area contributed by atoms with Gasteiger partial charge in [-0.1, -0.05) is 66.7 Å². The highest BCUT2D eigenvalue weighted by Crippen LogP contribution is 2.29. The quantitative estimate of drug-likeness (QED) is 0.663. The minimum absolute atomic E-state index is 0.820. The van der Waals surface area contributed by atoms with Gasteiger partial charge >= 0.3 is 0 Å². The number of nitrogens with two attached hydrogens (primary N) is 1. The second kappa shape index (κ2) is 10.8. The molecule has 0 unspecified atom stereocenters. The molecular weight excluding hydrogens is 356 g/mol. The monoisotopic (exact) mass is 388 g/mol. The molecule has 4 rings (SSSR count). The molecule has 0 spiro atoms. The highest BCUT2D eigenvalue weighted by atomic mass is 15.4. The summed E-state index contributed by atoms with van der Waals surface area (Å²) in [5.74, 6) is 0. The van der Waals surface area contributed by atoms with E-state index in [1.165, 1.54) is 29.3 Å². The van der Waals surface area contributed by atoms with Crippen molar-refractivity contribution in [2.45, 2.75) is 13.1 Å². The zero-order valence-corrected chi connectivity index (χ0v) is 17.5. The number of hydrogen-bond acceptors (Lipinski definition) is 4. The molecule has 4 nitrogen and oxygen atoms in total. The molecule has 29 heavy (non-hydrogen) atoms. The zero-order chi connectivity index (χ0) is 20.5. The van der Waals surface area contributed by atoms with Crippen LogP contribution in [0.15, 0.2) is 78.9 Å². The Kier molecular flexibility index (Phi) is 7.82. The number of nitrogens with zero attached hydrogens (tertiary/aromatic N) is 2. The Balaban J connectivity index is 0.00000117. The van der Waals surface area contributed by atoms with Crippen molar-refractivity contribution >= 4 is 5.69 Å². The van der Waals surface area contributed by atoms with E-state index < -0.39 is 0 Å². The molecule has 0 bridgehead atoms. The van der Waals surface area contributed by atoms with Crippen LogP contribution < -0.4 is 11.1 Å². The Morgan fingerprint density at radius 1 is 0.759 bits per heavy atom. The highest BCUT2D eigenvalue weighted by Gasteiger charge is 2.18. The van der Waals surface area contributed by atoms with Crippen molar-refractivity contribution in [2.24, 2.45) is 5.73 Å². The summed E-state index contributed by atoms with van der Waals surface area (Å²) in [5, 5.41) is 3.55. The molecule has 0 aliphatic carbocycles. The summed E-state index contributed by atoms with van der Waals surface area (Å²) in [6.45, 7) is 5.16. The number of para-hydroxylation sites is 1. The number of likely N-dealkylation sites (N-methyl/N-ethyl adjacent to an activating group) is 1. The van der Waals surface area contributed by atoms with Crippen LogP contribution in [0.1, 0.15) is 11.1 Å². The van der Waals surface area contributed by atoms with E-state index in [1.807, 2.05) is 6.07 Å². The first-order valence-corrected chi connectivity index (χ1v) is 10.2. The van der Waals surface area contributed by atoms with E-state index in [1.54, 1.807) is 0 Å². The largest absolute Gasteiger partial charge is 0.381 e. The predicted molar refractivity (Wildman–Crippen MR) is 124 cm³/mol. The SMILES string of the molecule is CN.CN1CCN(Cc2ccccc2-c2ccccc2CNc2ccccc2)C1. The minimum atomic E-state index is 0.820. The van der Waals surface area contributed by atoms with E-state index in [9.17, 15) is 0 Å². The van der Waals surface area contributed by atoms with Gasteiger partial charge in [-0.2, -0.15) is 0 Å². The molecule has 1 aliphatic heterocycles. The summed E-state index contributed by atoms with van der Waals surface area (Å²) < 4.78 is 0. The number of benzene rings is 3. The van der Waals surface area contributed by atoms with Crippen LogP contribution in [-0.2, 0) is 13.1 Å². The normalized spacial score (nSPS) is 14.3. The fourth-order valence-corrected chi connectivity index (χ4v) is 3.78. The Morgan fingerprint density at radius 2 is 1.34 bits per heavy atom. The van der Waals surface area contributed by atoms with Gasteiger partial charge in [-0.05, 0) is 48.5 Å². The second-order valence-corrected chi connectivity index (χ2v) is 7.31. The molecule has 1 saturated heterocycles. The Morgan fingerprint density at radius 3 is 2.00 bits per heavy atom. The fourth-order valence-electron chi connectivity index (χ4n) is 3.78. The van der Waals surface area contributed by atoms with Crippen LogP contribution in [-0.4, -0.2) is 43.7 Å². The summed E-state index contributed by atoms with van der Waals surface area (Å²) >= 11 is 0. The van der Waals surface area contributed by atoms with Gasteiger partial charge in [-0.25, -0.2) is 0 Å². The predicted octanol–water partition coefficient (Wildman–Crippen LogP) is 4.25. The van der Waals surface area contributed by atoms with Crippen molar-refractivity contribution < 1.29 is 0 Å². The van der Waals surface area contributed by atoms with E-state index >= 15 is 0 Å². The molecule has 3 aromatic carbocycles. The Hall–Kier alpha value is -2.66. The van der Waals surface area contributed by atoms with Crippen molar-refractivity contribution in [3.8, 4) is 11.1 Å². The maximum atomic E-state index is 4.50. The topological polar surface area (TPSA) is 44.5 Å². The van der Waals surface area contributed by atoms with Crippen molar-refractivity contribution in [1.82, 2.24) is 9.80 Å². The van der Waals surface area contributed by atoms with Gasteiger partial charge < -0.3 is 11.1 Å². The van der Waals surface area contributed by atoms with Crippen LogP contribution in [0.2, 0.25) is 0 Å². The van der Waals surface area contributed by atoms with Gasteiger partial charge in [-0.3, -0.25) is 9.80 Å². The third-order valence-electron chi connectivity index (χ3n) is 5.21. The van der Waals surface area contributed by atoms with Gasteiger partial charge in [-0.15, -0.1) is 0 Å². The van der Waals surface area contributed by atoms with Gasteiger partial charge in [0.15, 0.2) is 0 Å². The summed E-state index contributed by atoms with van der Waals surface area (Å²) in [5.41, 5.74) is 11.1. The number of hydrogen-bond donors (Lipinski definition) is 2. The molecule has 0 aromatic heterocycles. The first-order valence-electron chi connectivity index (χ1n) is 10.2. The van der Waals surface area contributed by atoms with E-state index in [2.05, 4.69) is 101 Å². The highest BCUT2D eigenvalue weighted by molar-refractivity contribution is 5.71. The van der Waals surface area contributed by atoms with Crippen LogP contribution in [0.5, 0.6) is 0 Å².